The molecule has 1 fully saturated rings. The van der Waals surface area contributed by atoms with Crippen molar-refractivity contribution in [3.05, 3.63) is 58.1 Å². The second-order valence-corrected chi connectivity index (χ2v) is 8.43. The molecule has 0 aromatic heterocycles. The zero-order chi connectivity index (χ0) is 21.7. The largest absolute Gasteiger partial charge is 0.497 e. The van der Waals surface area contributed by atoms with Gasteiger partial charge in [-0.1, -0.05) is 11.2 Å². The van der Waals surface area contributed by atoms with Crippen LogP contribution in [0.4, 0.5) is 11.4 Å². The molecule has 3 rings (SSSR count). The van der Waals surface area contributed by atoms with Crippen LogP contribution in [0.1, 0.15) is 5.56 Å². The van der Waals surface area contributed by atoms with Gasteiger partial charge in [0, 0.05) is 37.8 Å². The minimum Gasteiger partial charge on any atom is -0.497 e. The molecule has 1 aliphatic rings. The summed E-state index contributed by atoms with van der Waals surface area (Å²) < 4.78 is 32.2. The van der Waals surface area contributed by atoms with E-state index in [9.17, 15) is 18.5 Å². The summed E-state index contributed by atoms with van der Waals surface area (Å²) in [4.78, 5) is 17.7. The van der Waals surface area contributed by atoms with E-state index < -0.39 is 14.9 Å². The molecule has 0 N–H and O–H groups in total. The van der Waals surface area contributed by atoms with Crippen molar-refractivity contribution in [1.29, 1.82) is 0 Å². The van der Waals surface area contributed by atoms with Gasteiger partial charge in [-0.25, -0.2) is 8.42 Å². The first-order valence-corrected chi connectivity index (χ1v) is 10.5. The van der Waals surface area contributed by atoms with E-state index in [1.807, 2.05) is 4.90 Å². The summed E-state index contributed by atoms with van der Waals surface area (Å²) in [5.74, 6) is 0.574. The Labute approximate surface area is 174 Å². The molecule has 1 heterocycles. The van der Waals surface area contributed by atoms with Crippen LogP contribution in [0.15, 0.2) is 52.5 Å². The number of oxime groups is 1. The maximum Gasteiger partial charge on any atom is 0.293 e. The van der Waals surface area contributed by atoms with Crippen LogP contribution in [0.5, 0.6) is 5.75 Å². The molecule has 0 spiro atoms. The lowest BCUT2D eigenvalue weighted by molar-refractivity contribution is -0.384. The van der Waals surface area contributed by atoms with Gasteiger partial charge in [0.05, 0.1) is 23.1 Å². The summed E-state index contributed by atoms with van der Waals surface area (Å²) in [6, 6.07) is 11.0. The highest BCUT2D eigenvalue weighted by atomic mass is 32.2. The number of ether oxygens (including phenoxy) is 1. The van der Waals surface area contributed by atoms with Crippen molar-refractivity contribution < 1.29 is 22.9 Å². The molecule has 1 aliphatic heterocycles. The van der Waals surface area contributed by atoms with E-state index in [0.29, 0.717) is 30.1 Å². The van der Waals surface area contributed by atoms with Crippen LogP contribution in [0.2, 0.25) is 0 Å². The summed E-state index contributed by atoms with van der Waals surface area (Å²) in [6.45, 7) is 1.11. The van der Waals surface area contributed by atoms with Gasteiger partial charge in [-0.2, -0.15) is 4.31 Å². The fraction of sp³-hybridized carbons (Fsp3) is 0.316. The fourth-order valence-corrected chi connectivity index (χ4v) is 4.64. The molecular formula is C19H22N4O6S. The highest BCUT2D eigenvalue weighted by Gasteiger charge is 2.30. The Hall–Kier alpha value is -3.18. The van der Waals surface area contributed by atoms with E-state index in [-0.39, 0.29) is 23.7 Å². The smallest absolute Gasteiger partial charge is 0.293 e. The van der Waals surface area contributed by atoms with Crippen molar-refractivity contribution in [1.82, 2.24) is 4.31 Å². The number of hydrogen-bond acceptors (Lipinski definition) is 8. The highest BCUT2D eigenvalue weighted by Crippen LogP contribution is 2.30. The van der Waals surface area contributed by atoms with E-state index in [1.165, 1.54) is 42.9 Å². The third-order valence-electron chi connectivity index (χ3n) is 4.78. The fourth-order valence-electron chi connectivity index (χ4n) is 3.21. The molecule has 1 saturated heterocycles. The van der Waals surface area contributed by atoms with Crippen LogP contribution >= 0.6 is 0 Å². The molecular weight excluding hydrogens is 412 g/mol. The molecule has 0 radical (unpaired) electrons. The molecule has 0 unspecified atom stereocenters. The number of methoxy groups -OCH3 is 1. The van der Waals surface area contributed by atoms with E-state index in [1.54, 1.807) is 24.3 Å². The zero-order valence-corrected chi connectivity index (χ0v) is 17.4. The van der Waals surface area contributed by atoms with Crippen molar-refractivity contribution in [2.24, 2.45) is 5.16 Å². The van der Waals surface area contributed by atoms with Gasteiger partial charge in [0.2, 0.25) is 10.0 Å². The first-order valence-electron chi connectivity index (χ1n) is 9.11. The normalized spacial score (nSPS) is 15.3. The van der Waals surface area contributed by atoms with Crippen LogP contribution in [0.25, 0.3) is 0 Å². The van der Waals surface area contributed by atoms with Crippen LogP contribution in [-0.4, -0.2) is 64.3 Å². The molecule has 0 saturated carbocycles. The summed E-state index contributed by atoms with van der Waals surface area (Å²) in [5.41, 5.74) is 0.908. The Morgan fingerprint density at radius 3 is 2.30 bits per heavy atom. The zero-order valence-electron chi connectivity index (χ0n) is 16.6. The Bertz CT molecular complexity index is 1030. The van der Waals surface area contributed by atoms with E-state index >= 15 is 0 Å². The van der Waals surface area contributed by atoms with E-state index in [2.05, 4.69) is 9.99 Å². The van der Waals surface area contributed by atoms with Crippen molar-refractivity contribution in [2.75, 3.05) is 45.3 Å². The summed E-state index contributed by atoms with van der Waals surface area (Å²) >= 11 is 0. The van der Waals surface area contributed by atoms with Gasteiger partial charge in [0.25, 0.3) is 5.69 Å². The number of nitro benzene ring substituents is 1. The van der Waals surface area contributed by atoms with E-state index in [4.69, 9.17) is 4.74 Å². The topological polar surface area (TPSA) is 115 Å². The minimum absolute atomic E-state index is 0.0680. The van der Waals surface area contributed by atoms with Gasteiger partial charge in [-0.15, -0.1) is 0 Å². The number of benzene rings is 2. The molecule has 0 bridgehead atoms. The molecule has 160 valence electrons. The van der Waals surface area contributed by atoms with Crippen LogP contribution in [-0.2, 0) is 14.9 Å². The van der Waals surface area contributed by atoms with Crippen molar-refractivity contribution in [2.45, 2.75) is 4.90 Å². The maximum atomic E-state index is 12.9. The van der Waals surface area contributed by atoms with E-state index in [0.717, 1.165) is 0 Å². The van der Waals surface area contributed by atoms with Crippen LogP contribution < -0.4 is 9.64 Å². The maximum absolute atomic E-state index is 12.9. The molecule has 0 aliphatic carbocycles. The van der Waals surface area contributed by atoms with Crippen molar-refractivity contribution in [3.63, 3.8) is 0 Å². The standard InChI is InChI=1S/C19H22N4O6S/c1-28-16-4-6-17(7-5-16)30(26,27)22-11-9-21(10-12-22)18-8-3-15(14-20-29-2)13-19(18)23(24)25/h3-8,13-14H,9-12H2,1-2H3/b20-14-. The van der Waals surface area contributed by atoms with Crippen molar-refractivity contribution in [3.8, 4) is 5.75 Å². The van der Waals surface area contributed by atoms with Crippen molar-refractivity contribution >= 4 is 27.6 Å². The second-order valence-electron chi connectivity index (χ2n) is 6.49. The molecule has 0 atom stereocenters. The Morgan fingerprint density at radius 1 is 1.07 bits per heavy atom. The molecule has 30 heavy (non-hydrogen) atoms. The quantitative estimate of drug-likeness (QED) is 0.372. The van der Waals surface area contributed by atoms with Gasteiger partial charge >= 0.3 is 0 Å². The summed E-state index contributed by atoms with van der Waals surface area (Å²) in [7, 11) is -0.750. The third-order valence-corrected chi connectivity index (χ3v) is 6.69. The number of hydrogen-bond donors (Lipinski definition) is 0. The second kappa shape index (κ2) is 9.09. The first kappa shape index (κ1) is 21.5. The van der Waals surface area contributed by atoms with Gasteiger partial charge in [-0.3, -0.25) is 10.1 Å². The third kappa shape index (κ3) is 4.52. The lowest BCUT2D eigenvalue weighted by atomic mass is 10.1. The van der Waals surface area contributed by atoms with Crippen LogP contribution in [0.3, 0.4) is 0 Å². The number of sulfonamides is 1. The minimum atomic E-state index is -3.65. The first-order chi connectivity index (χ1) is 14.4. The predicted octanol–water partition coefficient (Wildman–Crippen LogP) is 2.09. The summed E-state index contributed by atoms with van der Waals surface area (Å²) in [5, 5.41) is 15.2. The lowest BCUT2D eigenvalue weighted by Crippen LogP contribution is -2.48. The number of piperazine rings is 1. The summed E-state index contributed by atoms with van der Waals surface area (Å²) in [6.07, 6.45) is 1.39. The van der Waals surface area contributed by atoms with Gasteiger partial charge in [-0.05, 0) is 30.3 Å². The Balaban J connectivity index is 1.76. The van der Waals surface area contributed by atoms with Gasteiger partial charge < -0.3 is 14.5 Å². The molecule has 0 amide bonds. The average molecular weight is 434 g/mol. The Morgan fingerprint density at radius 2 is 1.73 bits per heavy atom. The van der Waals surface area contributed by atoms with Gasteiger partial charge in [0.15, 0.2) is 0 Å². The lowest BCUT2D eigenvalue weighted by Gasteiger charge is -2.35. The molecule has 2 aromatic carbocycles. The molecule has 10 nitrogen and oxygen atoms in total. The molecule has 2 aromatic rings. The number of nitro groups is 1. The number of rotatable bonds is 7. The number of nitrogens with zero attached hydrogens (tertiary/aromatic N) is 4. The van der Waals surface area contributed by atoms with Gasteiger partial charge in [0.1, 0.15) is 18.5 Å². The molecule has 11 heteroatoms. The monoisotopic (exact) mass is 434 g/mol. The SMILES string of the molecule is CO/N=C\c1ccc(N2CCN(S(=O)(=O)c3ccc(OC)cc3)CC2)c([N+](=O)[O-])c1. The van der Waals surface area contributed by atoms with Crippen LogP contribution in [0, 0.1) is 10.1 Å². The predicted molar refractivity (Wildman–Crippen MR) is 112 cm³/mol. The Kier molecular flexibility index (Phi) is 6.53. The average Bonchev–Trinajstić information content (AvgIpc) is 2.77. The number of anilines is 1. The highest BCUT2D eigenvalue weighted by molar-refractivity contribution is 7.89.